The number of rotatable bonds is 7. The molecule has 4 nitrogen and oxygen atoms in total. The lowest BCUT2D eigenvalue weighted by Crippen LogP contribution is -2.42. The van der Waals surface area contributed by atoms with E-state index in [1.165, 1.54) is 0 Å². The standard InChI is InChI=1S/C20H26N2O2/c1-16(14-19(23)22(3)18-12-8-5-9-13-18)21-15-20(2,24)17-10-6-4-7-11-17/h4-13,16,21,24H,14-15H2,1-3H3. The molecule has 24 heavy (non-hydrogen) atoms. The van der Waals surface area contributed by atoms with Gasteiger partial charge in [-0.05, 0) is 31.5 Å². The van der Waals surface area contributed by atoms with Gasteiger partial charge in [-0.3, -0.25) is 4.79 Å². The highest BCUT2D eigenvalue weighted by Gasteiger charge is 2.24. The first kappa shape index (κ1) is 18.2. The van der Waals surface area contributed by atoms with Gasteiger partial charge in [-0.15, -0.1) is 0 Å². The Morgan fingerprint density at radius 1 is 1.12 bits per heavy atom. The lowest BCUT2D eigenvalue weighted by Gasteiger charge is -2.27. The molecular formula is C20H26N2O2. The van der Waals surface area contributed by atoms with Crippen LogP contribution in [-0.2, 0) is 10.4 Å². The summed E-state index contributed by atoms with van der Waals surface area (Å²) in [6.45, 7) is 4.12. The van der Waals surface area contributed by atoms with E-state index in [9.17, 15) is 9.90 Å². The predicted molar refractivity (Wildman–Crippen MR) is 97.9 cm³/mol. The van der Waals surface area contributed by atoms with Crippen LogP contribution in [0, 0.1) is 0 Å². The summed E-state index contributed by atoms with van der Waals surface area (Å²) in [5.41, 5.74) is 0.771. The quantitative estimate of drug-likeness (QED) is 0.822. The summed E-state index contributed by atoms with van der Waals surface area (Å²) in [5.74, 6) is 0.0422. The van der Waals surface area contributed by atoms with Crippen molar-refractivity contribution < 1.29 is 9.90 Å². The molecule has 2 N–H and O–H groups in total. The Bertz CT molecular complexity index is 641. The number of hydrogen-bond acceptors (Lipinski definition) is 3. The molecule has 2 aromatic rings. The van der Waals surface area contributed by atoms with Gasteiger partial charge < -0.3 is 15.3 Å². The van der Waals surface area contributed by atoms with Crippen molar-refractivity contribution in [2.75, 3.05) is 18.5 Å². The number of hydrogen-bond donors (Lipinski definition) is 2. The maximum atomic E-state index is 12.4. The van der Waals surface area contributed by atoms with Gasteiger partial charge in [0.25, 0.3) is 0 Å². The Labute approximate surface area is 144 Å². The fourth-order valence-corrected chi connectivity index (χ4v) is 2.54. The Balaban J connectivity index is 1.87. The minimum atomic E-state index is -0.968. The van der Waals surface area contributed by atoms with Crippen LogP contribution in [-0.4, -0.2) is 30.6 Å². The third-order valence-electron chi connectivity index (χ3n) is 4.19. The van der Waals surface area contributed by atoms with Crippen LogP contribution in [0.15, 0.2) is 60.7 Å². The van der Waals surface area contributed by atoms with Crippen molar-refractivity contribution in [1.29, 1.82) is 0 Å². The topological polar surface area (TPSA) is 52.6 Å². The molecule has 0 saturated carbocycles. The van der Waals surface area contributed by atoms with Gasteiger partial charge in [0.2, 0.25) is 5.91 Å². The molecule has 0 spiro atoms. The number of nitrogens with zero attached hydrogens (tertiary/aromatic N) is 1. The highest BCUT2D eigenvalue weighted by atomic mass is 16.3. The van der Waals surface area contributed by atoms with Crippen LogP contribution < -0.4 is 10.2 Å². The molecular weight excluding hydrogens is 300 g/mol. The van der Waals surface area contributed by atoms with Gasteiger partial charge in [-0.2, -0.15) is 0 Å². The van der Waals surface area contributed by atoms with Crippen LogP contribution in [0.5, 0.6) is 0 Å². The first-order valence-electron chi connectivity index (χ1n) is 8.23. The molecule has 0 saturated heterocycles. The normalized spacial score (nSPS) is 14.7. The zero-order valence-electron chi connectivity index (χ0n) is 14.6. The Kier molecular flexibility index (Phi) is 6.12. The zero-order valence-corrected chi connectivity index (χ0v) is 14.6. The number of para-hydroxylation sites is 1. The zero-order chi connectivity index (χ0) is 17.6. The summed E-state index contributed by atoms with van der Waals surface area (Å²) in [5, 5.41) is 13.9. The van der Waals surface area contributed by atoms with E-state index < -0.39 is 5.60 Å². The number of anilines is 1. The molecule has 0 radical (unpaired) electrons. The minimum absolute atomic E-state index is 0.0288. The number of amides is 1. The number of nitrogens with one attached hydrogen (secondary N) is 1. The largest absolute Gasteiger partial charge is 0.384 e. The van der Waals surface area contributed by atoms with Gasteiger partial charge in [-0.25, -0.2) is 0 Å². The summed E-state index contributed by atoms with van der Waals surface area (Å²) in [7, 11) is 1.78. The van der Waals surface area contributed by atoms with Gasteiger partial charge in [0.15, 0.2) is 0 Å². The highest BCUT2D eigenvalue weighted by molar-refractivity contribution is 5.93. The molecule has 0 aliphatic carbocycles. The fourth-order valence-electron chi connectivity index (χ4n) is 2.54. The first-order valence-corrected chi connectivity index (χ1v) is 8.23. The molecule has 2 unspecified atom stereocenters. The molecule has 1 amide bonds. The average Bonchev–Trinajstić information content (AvgIpc) is 2.61. The van der Waals surface area contributed by atoms with Crippen molar-refractivity contribution >= 4 is 11.6 Å². The number of carbonyl (C=O) groups is 1. The summed E-state index contributed by atoms with van der Waals surface area (Å²) >= 11 is 0. The van der Waals surface area contributed by atoms with E-state index in [0.717, 1.165) is 11.3 Å². The van der Waals surface area contributed by atoms with Gasteiger partial charge in [0.05, 0.1) is 5.60 Å². The second-order valence-corrected chi connectivity index (χ2v) is 6.41. The molecule has 4 heteroatoms. The van der Waals surface area contributed by atoms with Crippen molar-refractivity contribution in [3.63, 3.8) is 0 Å². The Morgan fingerprint density at radius 2 is 1.67 bits per heavy atom. The Hall–Kier alpha value is -2.17. The van der Waals surface area contributed by atoms with Crippen LogP contribution in [0.25, 0.3) is 0 Å². The third-order valence-corrected chi connectivity index (χ3v) is 4.19. The average molecular weight is 326 g/mol. The van der Waals surface area contributed by atoms with Gasteiger partial charge in [0.1, 0.15) is 0 Å². The molecule has 2 aromatic carbocycles. The van der Waals surface area contributed by atoms with Crippen molar-refractivity contribution in [3.8, 4) is 0 Å². The number of aliphatic hydroxyl groups is 1. The molecule has 0 aliphatic rings. The van der Waals surface area contributed by atoms with E-state index in [1.807, 2.05) is 67.6 Å². The van der Waals surface area contributed by atoms with E-state index >= 15 is 0 Å². The van der Waals surface area contributed by atoms with Crippen LogP contribution >= 0.6 is 0 Å². The molecule has 0 heterocycles. The fraction of sp³-hybridized carbons (Fsp3) is 0.350. The van der Waals surface area contributed by atoms with E-state index in [4.69, 9.17) is 0 Å². The SMILES string of the molecule is CC(CC(=O)N(C)c1ccccc1)NCC(C)(O)c1ccccc1. The molecule has 0 bridgehead atoms. The molecule has 0 aliphatic heterocycles. The van der Waals surface area contributed by atoms with E-state index in [2.05, 4.69) is 5.32 Å². The first-order chi connectivity index (χ1) is 11.4. The van der Waals surface area contributed by atoms with Crippen LogP contribution in [0.2, 0.25) is 0 Å². The maximum absolute atomic E-state index is 12.4. The van der Waals surface area contributed by atoms with Crippen molar-refractivity contribution in [3.05, 3.63) is 66.2 Å². The van der Waals surface area contributed by atoms with Crippen molar-refractivity contribution in [2.45, 2.75) is 31.9 Å². The van der Waals surface area contributed by atoms with Gasteiger partial charge in [-0.1, -0.05) is 48.5 Å². The third kappa shape index (κ3) is 4.91. The number of benzene rings is 2. The smallest absolute Gasteiger partial charge is 0.228 e. The molecule has 2 rings (SSSR count). The van der Waals surface area contributed by atoms with Crippen LogP contribution in [0.3, 0.4) is 0 Å². The van der Waals surface area contributed by atoms with E-state index in [1.54, 1.807) is 18.9 Å². The molecule has 0 fully saturated rings. The monoisotopic (exact) mass is 326 g/mol. The lowest BCUT2D eigenvalue weighted by molar-refractivity contribution is -0.118. The van der Waals surface area contributed by atoms with Crippen LogP contribution in [0.1, 0.15) is 25.8 Å². The predicted octanol–water partition coefficient (Wildman–Crippen LogP) is 2.93. The molecule has 128 valence electrons. The Morgan fingerprint density at radius 3 is 2.25 bits per heavy atom. The molecule has 0 aromatic heterocycles. The summed E-state index contributed by atoms with van der Waals surface area (Å²) in [6.07, 6.45) is 0.371. The van der Waals surface area contributed by atoms with E-state index in [-0.39, 0.29) is 11.9 Å². The lowest BCUT2D eigenvalue weighted by atomic mass is 9.95. The maximum Gasteiger partial charge on any atom is 0.228 e. The second kappa shape index (κ2) is 8.08. The molecule has 2 atom stereocenters. The van der Waals surface area contributed by atoms with Crippen molar-refractivity contribution in [2.24, 2.45) is 0 Å². The van der Waals surface area contributed by atoms with Crippen molar-refractivity contribution in [1.82, 2.24) is 5.32 Å². The number of carbonyl (C=O) groups excluding carboxylic acids is 1. The second-order valence-electron chi connectivity index (χ2n) is 6.41. The minimum Gasteiger partial charge on any atom is -0.384 e. The summed E-state index contributed by atoms with van der Waals surface area (Å²) in [6, 6.07) is 19.1. The highest BCUT2D eigenvalue weighted by Crippen LogP contribution is 2.19. The summed E-state index contributed by atoms with van der Waals surface area (Å²) in [4.78, 5) is 14.0. The van der Waals surface area contributed by atoms with Gasteiger partial charge in [0, 0.05) is 31.7 Å². The van der Waals surface area contributed by atoms with E-state index in [0.29, 0.717) is 13.0 Å². The summed E-state index contributed by atoms with van der Waals surface area (Å²) < 4.78 is 0. The van der Waals surface area contributed by atoms with Gasteiger partial charge >= 0.3 is 0 Å². The van der Waals surface area contributed by atoms with Crippen LogP contribution in [0.4, 0.5) is 5.69 Å².